The van der Waals surface area contributed by atoms with E-state index in [4.69, 9.17) is 12.2 Å². The van der Waals surface area contributed by atoms with Crippen molar-refractivity contribution in [3.05, 3.63) is 114 Å². The van der Waals surface area contributed by atoms with E-state index in [2.05, 4.69) is 56.3 Å². The summed E-state index contributed by atoms with van der Waals surface area (Å²) in [6, 6.07) is 25.6. The normalized spacial score (nSPS) is 17.2. The third-order valence-electron chi connectivity index (χ3n) is 6.33. The van der Waals surface area contributed by atoms with Gasteiger partial charge in [0, 0.05) is 41.9 Å². The van der Waals surface area contributed by atoms with Gasteiger partial charge in [-0.1, -0.05) is 24.3 Å². The molecule has 2 atom stereocenters. The molecular weight excluding hydrogens is 473 g/mol. The summed E-state index contributed by atoms with van der Waals surface area (Å²) in [5.74, 6) is -0.513. The SMILES string of the molecule is Cc1ccc(C2C(c3ccccn3)NC(=S)N2CCC(=O)Nc2ccc(F)cc2)n1-c1ccccc1. The van der Waals surface area contributed by atoms with Crippen LogP contribution in [-0.2, 0) is 4.79 Å². The van der Waals surface area contributed by atoms with E-state index in [1.165, 1.54) is 12.1 Å². The average Bonchev–Trinajstić information content (AvgIpc) is 3.44. The number of anilines is 1. The van der Waals surface area contributed by atoms with Crippen LogP contribution < -0.4 is 10.6 Å². The number of rotatable bonds is 7. The summed E-state index contributed by atoms with van der Waals surface area (Å²) in [6.45, 7) is 2.49. The summed E-state index contributed by atoms with van der Waals surface area (Å²) in [5, 5.41) is 6.85. The monoisotopic (exact) mass is 499 g/mol. The van der Waals surface area contributed by atoms with Crippen LogP contribution in [-0.4, -0.2) is 32.0 Å². The van der Waals surface area contributed by atoms with E-state index in [-0.39, 0.29) is 30.2 Å². The molecule has 0 radical (unpaired) electrons. The number of benzene rings is 2. The van der Waals surface area contributed by atoms with Crippen molar-refractivity contribution in [3.63, 3.8) is 0 Å². The van der Waals surface area contributed by atoms with Crippen molar-refractivity contribution in [2.45, 2.75) is 25.4 Å². The van der Waals surface area contributed by atoms with Crippen LogP contribution in [0.3, 0.4) is 0 Å². The molecule has 0 saturated carbocycles. The molecule has 36 heavy (non-hydrogen) atoms. The summed E-state index contributed by atoms with van der Waals surface area (Å²) in [7, 11) is 0. The van der Waals surface area contributed by atoms with Crippen LogP contribution in [0.15, 0.2) is 91.1 Å². The van der Waals surface area contributed by atoms with Crippen LogP contribution >= 0.6 is 12.2 Å². The maximum absolute atomic E-state index is 13.2. The molecule has 3 heterocycles. The van der Waals surface area contributed by atoms with E-state index >= 15 is 0 Å². The number of nitrogens with zero attached hydrogens (tertiary/aromatic N) is 3. The Labute approximate surface area is 214 Å². The molecule has 1 amide bonds. The number of nitrogens with one attached hydrogen (secondary N) is 2. The third kappa shape index (κ3) is 4.85. The second-order valence-electron chi connectivity index (χ2n) is 8.70. The Hall–Kier alpha value is -4.04. The third-order valence-corrected chi connectivity index (χ3v) is 6.68. The number of carbonyl (C=O) groups excluding carboxylic acids is 1. The molecule has 1 saturated heterocycles. The number of thiocarbonyl (C=S) groups is 1. The van der Waals surface area contributed by atoms with Crippen molar-refractivity contribution >= 4 is 28.9 Å². The Kier molecular flexibility index (Phi) is 6.77. The highest BCUT2D eigenvalue weighted by molar-refractivity contribution is 7.80. The van der Waals surface area contributed by atoms with Gasteiger partial charge in [-0.3, -0.25) is 9.78 Å². The first-order chi connectivity index (χ1) is 17.5. The number of amides is 1. The van der Waals surface area contributed by atoms with Crippen LogP contribution in [0.5, 0.6) is 0 Å². The zero-order valence-electron chi connectivity index (χ0n) is 19.8. The van der Waals surface area contributed by atoms with Crippen molar-refractivity contribution in [2.24, 2.45) is 0 Å². The minimum atomic E-state index is -0.346. The molecule has 2 N–H and O–H groups in total. The first-order valence-corrected chi connectivity index (χ1v) is 12.2. The van der Waals surface area contributed by atoms with Gasteiger partial charge in [0.05, 0.1) is 17.8 Å². The van der Waals surface area contributed by atoms with Gasteiger partial charge in [0.15, 0.2) is 5.11 Å². The Balaban J connectivity index is 1.45. The molecule has 6 nitrogen and oxygen atoms in total. The number of carbonyl (C=O) groups is 1. The molecule has 1 aliphatic heterocycles. The van der Waals surface area contributed by atoms with Gasteiger partial charge < -0.3 is 20.1 Å². The lowest BCUT2D eigenvalue weighted by atomic mass is 10.0. The van der Waals surface area contributed by atoms with Crippen molar-refractivity contribution in [3.8, 4) is 5.69 Å². The summed E-state index contributed by atoms with van der Waals surface area (Å²) in [5.41, 5.74) is 4.65. The predicted molar refractivity (Wildman–Crippen MR) is 142 cm³/mol. The van der Waals surface area contributed by atoms with Gasteiger partial charge in [-0.05, 0) is 79.8 Å². The number of hydrogen-bond donors (Lipinski definition) is 2. The molecule has 1 aliphatic rings. The van der Waals surface area contributed by atoms with E-state index in [0.717, 1.165) is 22.8 Å². The topological polar surface area (TPSA) is 62.2 Å². The number of pyridine rings is 1. The van der Waals surface area contributed by atoms with Crippen LogP contribution in [0, 0.1) is 12.7 Å². The number of aryl methyl sites for hydroxylation is 1. The highest BCUT2D eigenvalue weighted by Crippen LogP contribution is 2.40. The number of aromatic nitrogens is 2. The Morgan fingerprint density at radius 1 is 1.03 bits per heavy atom. The highest BCUT2D eigenvalue weighted by Gasteiger charge is 2.41. The van der Waals surface area contributed by atoms with E-state index in [9.17, 15) is 9.18 Å². The molecule has 1 fully saturated rings. The second kappa shape index (κ2) is 10.3. The minimum absolute atomic E-state index is 0.168. The lowest BCUT2D eigenvalue weighted by Crippen LogP contribution is -2.33. The molecule has 2 aromatic carbocycles. The van der Waals surface area contributed by atoms with Gasteiger partial charge in [0.25, 0.3) is 0 Å². The van der Waals surface area contributed by atoms with Gasteiger partial charge in [0.2, 0.25) is 5.91 Å². The Bertz CT molecular complexity index is 1360. The van der Waals surface area contributed by atoms with Gasteiger partial charge in [-0.15, -0.1) is 0 Å². The van der Waals surface area contributed by atoms with Gasteiger partial charge in [-0.25, -0.2) is 4.39 Å². The summed E-state index contributed by atoms with van der Waals surface area (Å²) in [6.07, 6.45) is 1.99. The molecule has 0 spiro atoms. The number of para-hydroxylation sites is 1. The van der Waals surface area contributed by atoms with Crippen molar-refractivity contribution in [2.75, 3.05) is 11.9 Å². The zero-order valence-corrected chi connectivity index (χ0v) is 20.6. The minimum Gasteiger partial charge on any atom is -0.352 e. The van der Waals surface area contributed by atoms with E-state index in [1.54, 1.807) is 18.3 Å². The Morgan fingerprint density at radius 2 is 1.78 bits per heavy atom. The number of hydrogen-bond acceptors (Lipinski definition) is 3. The van der Waals surface area contributed by atoms with Gasteiger partial charge in [0.1, 0.15) is 5.82 Å². The average molecular weight is 500 g/mol. The molecule has 8 heteroatoms. The second-order valence-corrected chi connectivity index (χ2v) is 9.08. The van der Waals surface area contributed by atoms with Crippen LogP contribution in [0.25, 0.3) is 5.69 Å². The molecule has 0 aliphatic carbocycles. The Morgan fingerprint density at radius 3 is 2.50 bits per heavy atom. The first-order valence-electron chi connectivity index (χ1n) is 11.8. The summed E-state index contributed by atoms with van der Waals surface area (Å²) >= 11 is 5.76. The summed E-state index contributed by atoms with van der Waals surface area (Å²) < 4.78 is 15.4. The lowest BCUT2D eigenvalue weighted by Gasteiger charge is -2.29. The molecule has 182 valence electrons. The van der Waals surface area contributed by atoms with E-state index in [1.807, 2.05) is 36.4 Å². The fraction of sp³-hybridized carbons (Fsp3) is 0.179. The standard InChI is InChI=1S/C28H26FN5OS/c1-19-10-15-24(34(19)22-7-3-2-4-8-22)27-26(23-9-5-6-17-30-23)32-28(36)33(27)18-16-25(35)31-21-13-11-20(29)12-14-21/h2-15,17,26-27H,16,18H2,1H3,(H,31,35)(H,32,36). The first kappa shape index (κ1) is 23.7. The maximum atomic E-state index is 13.2. The van der Waals surface area contributed by atoms with Crippen molar-refractivity contribution < 1.29 is 9.18 Å². The van der Waals surface area contributed by atoms with Gasteiger partial charge in [-0.2, -0.15) is 0 Å². The fourth-order valence-corrected chi connectivity index (χ4v) is 5.00. The van der Waals surface area contributed by atoms with Crippen molar-refractivity contribution in [1.29, 1.82) is 0 Å². The fourth-order valence-electron chi connectivity index (χ4n) is 4.67. The summed E-state index contributed by atoms with van der Waals surface area (Å²) in [4.78, 5) is 19.4. The van der Waals surface area contributed by atoms with Crippen LogP contribution in [0.1, 0.15) is 35.6 Å². The molecule has 4 aromatic rings. The van der Waals surface area contributed by atoms with Crippen LogP contribution in [0.2, 0.25) is 0 Å². The molecule has 2 aromatic heterocycles. The smallest absolute Gasteiger partial charge is 0.226 e. The highest BCUT2D eigenvalue weighted by atomic mass is 32.1. The maximum Gasteiger partial charge on any atom is 0.226 e. The van der Waals surface area contributed by atoms with Crippen molar-refractivity contribution in [1.82, 2.24) is 19.8 Å². The molecule has 5 rings (SSSR count). The lowest BCUT2D eigenvalue weighted by molar-refractivity contribution is -0.116. The zero-order chi connectivity index (χ0) is 25.1. The molecular formula is C28H26FN5OS. The van der Waals surface area contributed by atoms with E-state index in [0.29, 0.717) is 17.3 Å². The largest absolute Gasteiger partial charge is 0.352 e. The predicted octanol–water partition coefficient (Wildman–Crippen LogP) is 5.32. The molecule has 2 unspecified atom stereocenters. The quantitative estimate of drug-likeness (QED) is 0.337. The van der Waals surface area contributed by atoms with Crippen LogP contribution in [0.4, 0.5) is 10.1 Å². The number of halogens is 1. The van der Waals surface area contributed by atoms with Gasteiger partial charge >= 0.3 is 0 Å². The van der Waals surface area contributed by atoms with E-state index < -0.39 is 0 Å². The molecule has 0 bridgehead atoms.